The Morgan fingerprint density at radius 3 is 2.87 bits per heavy atom. The highest BCUT2D eigenvalue weighted by Gasteiger charge is 2.08. The maximum absolute atomic E-state index is 5.71. The van der Waals surface area contributed by atoms with Crippen LogP contribution in [0.2, 0.25) is 5.02 Å². The number of rotatable bonds is 3. The molecule has 15 heavy (non-hydrogen) atoms. The van der Waals surface area contributed by atoms with Gasteiger partial charge in [-0.2, -0.15) is 4.98 Å². The summed E-state index contributed by atoms with van der Waals surface area (Å²) >= 11 is 11.3. The SMILES string of the molecule is ClCCc1nc(-c2ccc(Cl)cn2)no1. The summed E-state index contributed by atoms with van der Waals surface area (Å²) in [4.78, 5) is 8.20. The Balaban J connectivity index is 2.25. The molecule has 0 amide bonds. The van der Waals surface area contributed by atoms with E-state index in [4.69, 9.17) is 27.7 Å². The van der Waals surface area contributed by atoms with Crippen LogP contribution >= 0.6 is 23.2 Å². The summed E-state index contributed by atoms with van der Waals surface area (Å²) in [5, 5.41) is 4.36. The largest absolute Gasteiger partial charge is 0.339 e. The van der Waals surface area contributed by atoms with Crippen LogP contribution in [0.5, 0.6) is 0 Å². The van der Waals surface area contributed by atoms with Gasteiger partial charge in [0.05, 0.1) is 5.02 Å². The van der Waals surface area contributed by atoms with Gasteiger partial charge in [0.2, 0.25) is 11.7 Å². The average Bonchev–Trinajstić information content (AvgIpc) is 2.68. The molecule has 0 aliphatic carbocycles. The molecule has 2 aromatic heterocycles. The van der Waals surface area contributed by atoms with Crippen molar-refractivity contribution in [1.29, 1.82) is 0 Å². The minimum absolute atomic E-state index is 0.451. The molecule has 2 rings (SSSR count). The molecule has 6 heteroatoms. The summed E-state index contributed by atoms with van der Waals surface area (Å²) in [5.41, 5.74) is 0.629. The molecule has 4 nitrogen and oxygen atoms in total. The first-order chi connectivity index (χ1) is 7.29. The van der Waals surface area contributed by atoms with Crippen molar-refractivity contribution in [2.75, 3.05) is 5.88 Å². The number of pyridine rings is 1. The summed E-state index contributed by atoms with van der Waals surface area (Å²) in [5.74, 6) is 1.42. The van der Waals surface area contributed by atoms with Crippen molar-refractivity contribution in [3.05, 3.63) is 29.2 Å². The molecule has 0 saturated carbocycles. The van der Waals surface area contributed by atoms with Crippen LogP contribution in [0.4, 0.5) is 0 Å². The maximum atomic E-state index is 5.71. The summed E-state index contributed by atoms with van der Waals surface area (Å²) in [6.07, 6.45) is 2.09. The summed E-state index contributed by atoms with van der Waals surface area (Å²) in [6, 6.07) is 3.46. The van der Waals surface area contributed by atoms with E-state index in [0.717, 1.165) is 0 Å². The van der Waals surface area contributed by atoms with Crippen molar-refractivity contribution in [3.63, 3.8) is 0 Å². The van der Waals surface area contributed by atoms with E-state index in [2.05, 4.69) is 15.1 Å². The molecule has 78 valence electrons. The van der Waals surface area contributed by atoms with E-state index in [1.165, 1.54) is 6.20 Å². The third-order valence-electron chi connectivity index (χ3n) is 1.73. The van der Waals surface area contributed by atoms with Crippen molar-refractivity contribution in [2.24, 2.45) is 0 Å². The molecule has 2 heterocycles. The van der Waals surface area contributed by atoms with E-state index < -0.39 is 0 Å². The van der Waals surface area contributed by atoms with Crippen LogP contribution in [0, 0.1) is 0 Å². The zero-order valence-corrected chi connectivity index (χ0v) is 9.16. The van der Waals surface area contributed by atoms with E-state index >= 15 is 0 Å². The van der Waals surface area contributed by atoms with Gasteiger partial charge in [-0.1, -0.05) is 16.8 Å². The second-order valence-electron chi connectivity index (χ2n) is 2.81. The molecule has 0 spiro atoms. The van der Waals surface area contributed by atoms with Crippen LogP contribution in [0.25, 0.3) is 11.5 Å². The van der Waals surface area contributed by atoms with Crippen LogP contribution in [0.3, 0.4) is 0 Å². The summed E-state index contributed by atoms with van der Waals surface area (Å²) in [6.45, 7) is 0. The van der Waals surface area contributed by atoms with Gasteiger partial charge in [0, 0.05) is 18.5 Å². The van der Waals surface area contributed by atoms with E-state index in [-0.39, 0.29) is 0 Å². The number of halogens is 2. The molecule has 0 aliphatic rings. The Hall–Kier alpha value is -1.13. The predicted molar refractivity (Wildman–Crippen MR) is 57.0 cm³/mol. The van der Waals surface area contributed by atoms with E-state index in [9.17, 15) is 0 Å². The van der Waals surface area contributed by atoms with Gasteiger partial charge in [0.25, 0.3) is 0 Å². The third kappa shape index (κ3) is 2.46. The summed E-state index contributed by atoms with van der Waals surface area (Å²) in [7, 11) is 0. The lowest BCUT2D eigenvalue weighted by atomic mass is 10.3. The first kappa shape index (κ1) is 10.4. The Labute approximate surface area is 96.2 Å². The van der Waals surface area contributed by atoms with Gasteiger partial charge in [-0.3, -0.25) is 4.98 Å². The lowest BCUT2D eigenvalue weighted by molar-refractivity contribution is 0.383. The number of aromatic nitrogens is 3. The standard InChI is InChI=1S/C9H7Cl2N3O/c10-4-3-8-13-9(14-15-8)7-2-1-6(11)5-12-7/h1-2,5H,3-4H2. The van der Waals surface area contributed by atoms with Gasteiger partial charge >= 0.3 is 0 Å². The molecular formula is C9H7Cl2N3O. The topological polar surface area (TPSA) is 51.8 Å². The molecule has 2 aromatic rings. The van der Waals surface area contributed by atoms with E-state index in [0.29, 0.717) is 34.7 Å². The van der Waals surface area contributed by atoms with Gasteiger partial charge in [-0.15, -0.1) is 11.6 Å². The monoisotopic (exact) mass is 243 g/mol. The van der Waals surface area contributed by atoms with Gasteiger partial charge in [0.15, 0.2) is 0 Å². The molecule has 0 aromatic carbocycles. The second kappa shape index (κ2) is 4.59. The number of alkyl halides is 1. The molecule has 0 saturated heterocycles. The average molecular weight is 244 g/mol. The van der Waals surface area contributed by atoms with Crippen molar-refractivity contribution in [1.82, 2.24) is 15.1 Å². The lowest BCUT2D eigenvalue weighted by Gasteiger charge is -1.92. The predicted octanol–water partition coefficient (Wildman–Crippen LogP) is 2.57. The minimum atomic E-state index is 0.451. The highest BCUT2D eigenvalue weighted by Crippen LogP contribution is 2.15. The van der Waals surface area contributed by atoms with Gasteiger partial charge in [-0.05, 0) is 12.1 Å². The lowest BCUT2D eigenvalue weighted by Crippen LogP contribution is -1.87. The first-order valence-corrected chi connectivity index (χ1v) is 5.21. The van der Waals surface area contributed by atoms with Crippen molar-refractivity contribution >= 4 is 23.2 Å². The molecule has 0 unspecified atom stereocenters. The molecule has 0 bridgehead atoms. The van der Waals surface area contributed by atoms with Crippen LogP contribution in [0.15, 0.2) is 22.9 Å². The molecule has 0 aliphatic heterocycles. The number of aryl methyl sites for hydroxylation is 1. The Bertz CT molecular complexity index is 441. The normalized spacial score (nSPS) is 10.5. The quantitative estimate of drug-likeness (QED) is 0.778. The van der Waals surface area contributed by atoms with Crippen LogP contribution in [-0.4, -0.2) is 21.0 Å². The summed E-state index contributed by atoms with van der Waals surface area (Å²) < 4.78 is 4.97. The molecular weight excluding hydrogens is 237 g/mol. The number of hydrogen-bond donors (Lipinski definition) is 0. The fourth-order valence-electron chi connectivity index (χ4n) is 1.05. The van der Waals surface area contributed by atoms with Gasteiger partial charge in [0.1, 0.15) is 5.69 Å². The van der Waals surface area contributed by atoms with E-state index in [1.54, 1.807) is 12.1 Å². The fraction of sp³-hybridized carbons (Fsp3) is 0.222. The van der Waals surface area contributed by atoms with Crippen LogP contribution in [0.1, 0.15) is 5.89 Å². The number of hydrogen-bond acceptors (Lipinski definition) is 4. The van der Waals surface area contributed by atoms with Crippen molar-refractivity contribution < 1.29 is 4.52 Å². The fourth-order valence-corrected chi connectivity index (χ4v) is 1.32. The molecule has 0 N–H and O–H groups in total. The zero-order chi connectivity index (χ0) is 10.7. The van der Waals surface area contributed by atoms with Crippen LogP contribution < -0.4 is 0 Å². The minimum Gasteiger partial charge on any atom is -0.339 e. The Morgan fingerprint density at radius 1 is 1.33 bits per heavy atom. The molecule has 0 atom stereocenters. The molecule has 0 radical (unpaired) electrons. The maximum Gasteiger partial charge on any atom is 0.228 e. The van der Waals surface area contributed by atoms with Crippen molar-refractivity contribution in [2.45, 2.75) is 6.42 Å². The third-order valence-corrected chi connectivity index (χ3v) is 2.15. The Morgan fingerprint density at radius 2 is 2.20 bits per heavy atom. The highest BCUT2D eigenvalue weighted by atomic mass is 35.5. The van der Waals surface area contributed by atoms with Crippen LogP contribution in [-0.2, 0) is 6.42 Å². The highest BCUT2D eigenvalue weighted by molar-refractivity contribution is 6.30. The zero-order valence-electron chi connectivity index (χ0n) is 7.65. The number of nitrogens with zero attached hydrogens (tertiary/aromatic N) is 3. The Kier molecular flexibility index (Phi) is 3.18. The van der Waals surface area contributed by atoms with Gasteiger partial charge in [-0.25, -0.2) is 0 Å². The van der Waals surface area contributed by atoms with E-state index in [1.807, 2.05) is 0 Å². The second-order valence-corrected chi connectivity index (χ2v) is 3.63. The smallest absolute Gasteiger partial charge is 0.228 e. The molecule has 0 fully saturated rings. The van der Waals surface area contributed by atoms with Gasteiger partial charge < -0.3 is 4.52 Å². The van der Waals surface area contributed by atoms with Crippen molar-refractivity contribution in [3.8, 4) is 11.5 Å². The first-order valence-electron chi connectivity index (χ1n) is 4.30.